The van der Waals surface area contributed by atoms with E-state index in [9.17, 15) is 14.4 Å². The van der Waals surface area contributed by atoms with E-state index in [1.54, 1.807) is 42.5 Å². The van der Waals surface area contributed by atoms with Gasteiger partial charge in [-0.05, 0) is 24.1 Å². The van der Waals surface area contributed by atoms with Crippen LogP contribution in [0.4, 0.5) is 4.79 Å². The van der Waals surface area contributed by atoms with Crippen LogP contribution in [-0.4, -0.2) is 22.7 Å². The van der Waals surface area contributed by atoms with Gasteiger partial charge in [-0.15, -0.1) is 0 Å². The van der Waals surface area contributed by atoms with Crippen molar-refractivity contribution in [1.29, 1.82) is 0 Å². The lowest BCUT2D eigenvalue weighted by Gasteiger charge is -2.22. The fourth-order valence-electron chi connectivity index (χ4n) is 2.41. The molecule has 2 rings (SSSR count). The maximum absolute atomic E-state index is 12.7. The molecule has 0 aliphatic rings. The Labute approximate surface area is 134 Å². The van der Waals surface area contributed by atoms with E-state index < -0.39 is 23.8 Å². The van der Waals surface area contributed by atoms with Crippen molar-refractivity contribution in [2.24, 2.45) is 5.73 Å². The molecule has 0 aliphatic carbocycles. The molecule has 118 valence electrons. The minimum atomic E-state index is -1.07. The third kappa shape index (κ3) is 3.63. The smallest absolute Gasteiger partial charge is 0.328 e. The van der Waals surface area contributed by atoms with Gasteiger partial charge in [0.05, 0.1) is 5.92 Å². The molecule has 0 radical (unpaired) electrons. The molecule has 1 atom stereocenters. The lowest BCUT2D eigenvalue weighted by molar-refractivity contribution is -0.127. The zero-order chi connectivity index (χ0) is 16.8. The topological polar surface area (TPSA) is 80.5 Å². The Morgan fingerprint density at radius 3 is 1.96 bits per heavy atom. The molecule has 5 nitrogen and oxygen atoms in total. The quantitative estimate of drug-likeness (QED) is 0.942. The van der Waals surface area contributed by atoms with Gasteiger partial charge in [0.25, 0.3) is 5.91 Å². The van der Waals surface area contributed by atoms with Gasteiger partial charge in [0.2, 0.25) is 5.91 Å². The molecule has 2 aromatic rings. The van der Waals surface area contributed by atoms with Crippen LogP contribution in [0.25, 0.3) is 0 Å². The number of primary amides is 1. The average molecular weight is 310 g/mol. The number of amides is 4. The van der Waals surface area contributed by atoms with Crippen LogP contribution in [0.2, 0.25) is 0 Å². The number of rotatable bonds is 4. The summed E-state index contributed by atoms with van der Waals surface area (Å²) in [6, 6.07) is 16.1. The van der Waals surface area contributed by atoms with E-state index in [4.69, 9.17) is 5.73 Å². The summed E-state index contributed by atoms with van der Waals surface area (Å²) >= 11 is 0. The second kappa shape index (κ2) is 7.35. The van der Waals surface area contributed by atoms with Crippen molar-refractivity contribution in [2.45, 2.75) is 19.3 Å². The highest BCUT2D eigenvalue weighted by atomic mass is 16.2. The summed E-state index contributed by atoms with van der Waals surface area (Å²) in [5, 5.41) is 0. The first-order valence-corrected chi connectivity index (χ1v) is 7.34. The van der Waals surface area contributed by atoms with E-state index in [0.717, 1.165) is 5.56 Å². The van der Waals surface area contributed by atoms with Crippen molar-refractivity contribution in [2.75, 3.05) is 0 Å². The number of carbonyl (C=O) groups is 3. The molecule has 2 aromatic carbocycles. The summed E-state index contributed by atoms with van der Waals surface area (Å²) in [5.41, 5.74) is 6.27. The predicted octanol–water partition coefficient (Wildman–Crippen LogP) is 2.93. The summed E-state index contributed by atoms with van der Waals surface area (Å²) < 4.78 is 0. The fraction of sp³-hybridized carbons (Fsp3) is 0.167. The molecule has 23 heavy (non-hydrogen) atoms. The Morgan fingerprint density at radius 2 is 1.48 bits per heavy atom. The van der Waals surface area contributed by atoms with Crippen molar-refractivity contribution in [1.82, 2.24) is 4.90 Å². The normalized spacial score (nSPS) is 11.5. The van der Waals surface area contributed by atoms with Crippen LogP contribution in [-0.2, 0) is 4.79 Å². The zero-order valence-corrected chi connectivity index (χ0v) is 12.8. The van der Waals surface area contributed by atoms with Crippen molar-refractivity contribution in [3.05, 3.63) is 71.8 Å². The minimum absolute atomic E-state index is 0.238. The van der Waals surface area contributed by atoms with Crippen LogP contribution in [0.3, 0.4) is 0 Å². The van der Waals surface area contributed by atoms with Crippen molar-refractivity contribution >= 4 is 17.8 Å². The van der Waals surface area contributed by atoms with Gasteiger partial charge in [0, 0.05) is 5.56 Å². The van der Waals surface area contributed by atoms with E-state index in [-0.39, 0.29) is 5.56 Å². The molecule has 0 saturated carbocycles. The third-order valence-corrected chi connectivity index (χ3v) is 3.57. The van der Waals surface area contributed by atoms with Crippen LogP contribution in [0, 0.1) is 0 Å². The first kappa shape index (κ1) is 16.4. The number of benzene rings is 2. The summed E-state index contributed by atoms with van der Waals surface area (Å²) in [5.74, 6) is -1.92. The van der Waals surface area contributed by atoms with Crippen LogP contribution in [0.5, 0.6) is 0 Å². The standard InChI is InChI=1S/C18H18N2O3/c1-2-15(13-9-5-3-6-10-13)17(22)20(18(19)23)16(21)14-11-7-4-8-12-14/h3-12,15H,2H2,1H3,(H2,19,23). The van der Waals surface area contributed by atoms with Crippen molar-refractivity contribution in [3.8, 4) is 0 Å². The molecule has 0 saturated heterocycles. The largest absolute Gasteiger partial charge is 0.351 e. The number of imide groups is 3. The molecule has 0 aromatic heterocycles. The van der Waals surface area contributed by atoms with E-state index in [1.807, 2.05) is 13.0 Å². The summed E-state index contributed by atoms with van der Waals surface area (Å²) in [6.07, 6.45) is 0.453. The Kier molecular flexibility index (Phi) is 5.25. The highest BCUT2D eigenvalue weighted by Crippen LogP contribution is 2.23. The minimum Gasteiger partial charge on any atom is -0.351 e. The number of urea groups is 1. The van der Waals surface area contributed by atoms with E-state index in [0.29, 0.717) is 11.3 Å². The number of hydrogen-bond acceptors (Lipinski definition) is 3. The zero-order valence-electron chi connectivity index (χ0n) is 12.8. The number of nitrogens with two attached hydrogens (primary N) is 1. The molecule has 0 fully saturated rings. The van der Waals surface area contributed by atoms with E-state index in [2.05, 4.69) is 0 Å². The molecule has 0 heterocycles. The Morgan fingerprint density at radius 1 is 0.957 bits per heavy atom. The SMILES string of the molecule is CCC(C(=O)N(C(N)=O)C(=O)c1ccccc1)c1ccccc1. The molecular weight excluding hydrogens is 292 g/mol. The first-order valence-electron chi connectivity index (χ1n) is 7.34. The molecule has 0 spiro atoms. The fourth-order valence-corrected chi connectivity index (χ4v) is 2.41. The van der Waals surface area contributed by atoms with Gasteiger partial charge < -0.3 is 5.73 Å². The van der Waals surface area contributed by atoms with Gasteiger partial charge in [-0.2, -0.15) is 4.90 Å². The maximum Gasteiger partial charge on any atom is 0.328 e. The molecule has 1 unspecified atom stereocenters. The van der Waals surface area contributed by atoms with Crippen LogP contribution < -0.4 is 5.73 Å². The van der Waals surface area contributed by atoms with Gasteiger partial charge in [-0.25, -0.2) is 4.79 Å². The summed E-state index contributed by atoms with van der Waals surface area (Å²) in [7, 11) is 0. The number of carbonyl (C=O) groups excluding carboxylic acids is 3. The van der Waals surface area contributed by atoms with Gasteiger partial charge in [-0.3, -0.25) is 9.59 Å². The second-order valence-electron chi connectivity index (χ2n) is 5.05. The Balaban J connectivity index is 2.35. The lowest BCUT2D eigenvalue weighted by atomic mass is 9.95. The second-order valence-corrected chi connectivity index (χ2v) is 5.05. The van der Waals surface area contributed by atoms with Crippen molar-refractivity contribution in [3.63, 3.8) is 0 Å². The first-order chi connectivity index (χ1) is 11.1. The monoisotopic (exact) mass is 310 g/mol. The molecule has 0 bridgehead atoms. The highest BCUT2D eigenvalue weighted by molar-refractivity contribution is 6.16. The Hall–Kier alpha value is -2.95. The molecule has 5 heteroatoms. The number of nitrogens with zero attached hydrogens (tertiary/aromatic N) is 1. The van der Waals surface area contributed by atoms with Crippen LogP contribution >= 0.6 is 0 Å². The van der Waals surface area contributed by atoms with Gasteiger partial charge >= 0.3 is 6.03 Å². The van der Waals surface area contributed by atoms with Crippen LogP contribution in [0.15, 0.2) is 60.7 Å². The van der Waals surface area contributed by atoms with E-state index >= 15 is 0 Å². The van der Waals surface area contributed by atoms with E-state index in [1.165, 1.54) is 12.1 Å². The van der Waals surface area contributed by atoms with Crippen molar-refractivity contribution < 1.29 is 14.4 Å². The summed E-state index contributed by atoms with van der Waals surface area (Å²) in [6.45, 7) is 1.82. The summed E-state index contributed by atoms with van der Waals surface area (Å²) in [4.78, 5) is 37.5. The third-order valence-electron chi connectivity index (χ3n) is 3.57. The van der Waals surface area contributed by atoms with Gasteiger partial charge in [-0.1, -0.05) is 55.5 Å². The van der Waals surface area contributed by atoms with Gasteiger partial charge in [0.1, 0.15) is 0 Å². The average Bonchev–Trinajstić information content (AvgIpc) is 2.57. The molecule has 4 amide bonds. The highest BCUT2D eigenvalue weighted by Gasteiger charge is 2.33. The molecule has 0 aliphatic heterocycles. The van der Waals surface area contributed by atoms with Crippen LogP contribution in [0.1, 0.15) is 35.2 Å². The molecule has 2 N–H and O–H groups in total. The predicted molar refractivity (Wildman–Crippen MR) is 86.7 cm³/mol. The number of hydrogen-bond donors (Lipinski definition) is 1. The maximum atomic E-state index is 12.7. The molecular formula is C18H18N2O3. The lowest BCUT2D eigenvalue weighted by Crippen LogP contribution is -2.47. The van der Waals surface area contributed by atoms with Gasteiger partial charge in [0.15, 0.2) is 0 Å². The Bertz CT molecular complexity index is 699.